The van der Waals surface area contributed by atoms with Crippen LogP contribution in [0.4, 0.5) is 0 Å². The maximum atomic E-state index is 13.0. The molecule has 3 atom stereocenters. The second-order valence-electron chi connectivity index (χ2n) is 7.71. The van der Waals surface area contributed by atoms with Crippen molar-refractivity contribution in [3.63, 3.8) is 0 Å². The Morgan fingerprint density at radius 2 is 1.78 bits per heavy atom. The minimum atomic E-state index is -3.32. The molecule has 5 heteroatoms. The molecule has 0 N–H and O–H groups in total. The van der Waals surface area contributed by atoms with E-state index in [1.54, 1.807) is 24.3 Å². The van der Waals surface area contributed by atoms with Crippen molar-refractivity contribution in [1.82, 2.24) is 0 Å². The average Bonchev–Trinajstić information content (AvgIpc) is 3.12. The Kier molecular flexibility index (Phi) is 3.26. The zero-order valence-electron chi connectivity index (χ0n) is 13.7. The van der Waals surface area contributed by atoms with Crippen LogP contribution in [-0.4, -0.2) is 33.2 Å². The summed E-state index contributed by atoms with van der Waals surface area (Å²) < 4.78 is 38.0. The molecule has 4 nitrogen and oxygen atoms in total. The first-order chi connectivity index (χ1) is 10.8. The Morgan fingerprint density at radius 1 is 1.13 bits per heavy atom. The van der Waals surface area contributed by atoms with Crippen molar-refractivity contribution in [2.24, 2.45) is 16.7 Å². The van der Waals surface area contributed by atoms with Crippen LogP contribution in [0, 0.1) is 16.7 Å². The molecule has 2 bridgehead atoms. The first kappa shape index (κ1) is 15.6. The molecule has 1 aromatic rings. The van der Waals surface area contributed by atoms with Crippen molar-refractivity contribution in [1.29, 1.82) is 0 Å². The lowest BCUT2D eigenvalue weighted by Gasteiger charge is -2.45. The zero-order valence-corrected chi connectivity index (χ0v) is 14.6. The Labute approximate surface area is 138 Å². The molecule has 0 radical (unpaired) electrons. The average molecular weight is 336 g/mol. The molecule has 3 aliphatic rings. The van der Waals surface area contributed by atoms with Gasteiger partial charge in [0, 0.05) is 11.8 Å². The van der Waals surface area contributed by atoms with Crippen LogP contribution < -0.4 is 0 Å². The van der Waals surface area contributed by atoms with Crippen LogP contribution in [0.15, 0.2) is 35.2 Å². The summed E-state index contributed by atoms with van der Waals surface area (Å²) in [5.74, 6) is -0.0691. The summed E-state index contributed by atoms with van der Waals surface area (Å²) in [7, 11) is -3.32. The van der Waals surface area contributed by atoms with Crippen molar-refractivity contribution in [2.75, 3.05) is 19.0 Å². The summed E-state index contributed by atoms with van der Waals surface area (Å²) in [6.07, 6.45) is 2.86. The van der Waals surface area contributed by atoms with E-state index in [1.165, 1.54) is 0 Å². The minimum absolute atomic E-state index is 0.166. The zero-order chi connectivity index (χ0) is 16.3. The number of sulfone groups is 1. The summed E-state index contributed by atoms with van der Waals surface area (Å²) in [6, 6.07) is 8.79. The van der Waals surface area contributed by atoms with Crippen LogP contribution in [0.1, 0.15) is 33.1 Å². The summed E-state index contributed by atoms with van der Waals surface area (Å²) >= 11 is 0. The molecule has 1 heterocycles. The standard InChI is InChI=1S/C18H24O4S/c1-16(13-23(19,20)15-6-4-3-5-7-15)14-8-9-17(16,2)18(12-14)21-10-11-22-18/h3-7,14H,8-13H2,1-2H3/t14-,16+,17-/m1/s1. The van der Waals surface area contributed by atoms with Gasteiger partial charge in [0.25, 0.3) is 0 Å². The maximum absolute atomic E-state index is 13.0. The molecule has 23 heavy (non-hydrogen) atoms. The van der Waals surface area contributed by atoms with Crippen LogP contribution >= 0.6 is 0 Å². The van der Waals surface area contributed by atoms with E-state index in [-0.39, 0.29) is 16.6 Å². The largest absolute Gasteiger partial charge is 0.347 e. The topological polar surface area (TPSA) is 52.6 Å². The second kappa shape index (κ2) is 4.80. The van der Waals surface area contributed by atoms with Crippen LogP contribution in [0.2, 0.25) is 0 Å². The molecule has 3 fully saturated rings. The van der Waals surface area contributed by atoms with E-state index in [1.807, 2.05) is 6.07 Å². The van der Waals surface area contributed by atoms with Crippen molar-refractivity contribution in [3.05, 3.63) is 30.3 Å². The highest BCUT2D eigenvalue weighted by Crippen LogP contribution is 2.72. The Balaban J connectivity index is 1.72. The van der Waals surface area contributed by atoms with Crippen LogP contribution in [0.3, 0.4) is 0 Å². The lowest BCUT2D eigenvalue weighted by molar-refractivity contribution is -0.236. The van der Waals surface area contributed by atoms with Gasteiger partial charge in [-0.25, -0.2) is 8.42 Å². The third-order valence-corrected chi connectivity index (χ3v) is 8.83. The maximum Gasteiger partial charge on any atom is 0.178 e. The fraction of sp³-hybridized carbons (Fsp3) is 0.667. The molecule has 126 valence electrons. The SMILES string of the molecule is C[C@]1(CS(=O)(=O)c2ccccc2)[C@@H]2CC[C@@]1(C)C1(C2)OCCO1. The van der Waals surface area contributed by atoms with Gasteiger partial charge in [0.1, 0.15) is 0 Å². The quantitative estimate of drug-likeness (QED) is 0.851. The second-order valence-corrected chi connectivity index (χ2v) is 9.70. The molecule has 1 saturated heterocycles. The first-order valence-corrected chi connectivity index (χ1v) is 10.0. The van der Waals surface area contributed by atoms with Gasteiger partial charge in [-0.1, -0.05) is 32.0 Å². The van der Waals surface area contributed by atoms with Gasteiger partial charge in [-0.3, -0.25) is 0 Å². The van der Waals surface area contributed by atoms with Crippen LogP contribution in [0.5, 0.6) is 0 Å². The van der Waals surface area contributed by atoms with Gasteiger partial charge in [0.05, 0.1) is 23.9 Å². The van der Waals surface area contributed by atoms with E-state index in [4.69, 9.17) is 9.47 Å². The first-order valence-electron chi connectivity index (χ1n) is 8.39. The predicted octanol–water partition coefficient (Wildman–Crippen LogP) is 3.03. The summed E-state index contributed by atoms with van der Waals surface area (Å²) in [5.41, 5.74) is -0.560. The highest BCUT2D eigenvalue weighted by atomic mass is 32.2. The van der Waals surface area contributed by atoms with Crippen molar-refractivity contribution >= 4 is 9.84 Å². The molecule has 1 aromatic carbocycles. The summed E-state index contributed by atoms with van der Waals surface area (Å²) in [6.45, 7) is 5.53. The van der Waals surface area contributed by atoms with Crippen LogP contribution in [-0.2, 0) is 19.3 Å². The van der Waals surface area contributed by atoms with Gasteiger partial charge >= 0.3 is 0 Å². The van der Waals surface area contributed by atoms with Crippen molar-refractivity contribution in [2.45, 2.75) is 43.8 Å². The molecular weight excluding hydrogens is 312 g/mol. The fourth-order valence-electron chi connectivity index (χ4n) is 5.29. The van der Waals surface area contributed by atoms with E-state index in [9.17, 15) is 8.42 Å². The molecular formula is C18H24O4S. The van der Waals surface area contributed by atoms with E-state index < -0.39 is 15.6 Å². The molecule has 0 unspecified atom stereocenters. The Hall–Kier alpha value is -0.910. The minimum Gasteiger partial charge on any atom is -0.347 e. The fourth-order valence-corrected chi connectivity index (χ4v) is 7.38. The van der Waals surface area contributed by atoms with Gasteiger partial charge in [0.15, 0.2) is 15.6 Å². The van der Waals surface area contributed by atoms with E-state index in [2.05, 4.69) is 13.8 Å². The number of fused-ring (bicyclic) bond motifs is 3. The van der Waals surface area contributed by atoms with Gasteiger partial charge in [-0.15, -0.1) is 0 Å². The predicted molar refractivity (Wildman–Crippen MR) is 86.7 cm³/mol. The molecule has 2 aliphatic carbocycles. The van der Waals surface area contributed by atoms with Gasteiger partial charge < -0.3 is 9.47 Å². The van der Waals surface area contributed by atoms with Gasteiger partial charge in [-0.2, -0.15) is 0 Å². The molecule has 0 aromatic heterocycles. The smallest absolute Gasteiger partial charge is 0.178 e. The number of benzene rings is 1. The molecule has 0 amide bonds. The lowest BCUT2D eigenvalue weighted by atomic mass is 9.68. The lowest BCUT2D eigenvalue weighted by Crippen LogP contribution is -2.50. The van der Waals surface area contributed by atoms with Crippen molar-refractivity contribution < 1.29 is 17.9 Å². The van der Waals surface area contributed by atoms with Gasteiger partial charge in [-0.05, 0) is 36.3 Å². The highest BCUT2D eigenvalue weighted by molar-refractivity contribution is 7.91. The molecule has 1 spiro atoms. The number of ether oxygens (including phenoxy) is 2. The van der Waals surface area contributed by atoms with Crippen LogP contribution in [0.25, 0.3) is 0 Å². The third-order valence-electron chi connectivity index (χ3n) is 6.86. The normalized spacial score (nSPS) is 38.4. The Morgan fingerprint density at radius 3 is 2.43 bits per heavy atom. The number of rotatable bonds is 3. The van der Waals surface area contributed by atoms with Crippen molar-refractivity contribution in [3.8, 4) is 0 Å². The van der Waals surface area contributed by atoms with E-state index in [0.717, 1.165) is 19.3 Å². The molecule has 2 saturated carbocycles. The number of hydrogen-bond donors (Lipinski definition) is 0. The molecule has 4 rings (SSSR count). The third kappa shape index (κ3) is 1.93. The monoisotopic (exact) mass is 336 g/mol. The van der Waals surface area contributed by atoms with E-state index >= 15 is 0 Å². The highest BCUT2D eigenvalue weighted by Gasteiger charge is 2.74. The van der Waals surface area contributed by atoms with Gasteiger partial charge in [0.2, 0.25) is 0 Å². The van der Waals surface area contributed by atoms with E-state index in [0.29, 0.717) is 24.0 Å². The number of hydrogen-bond acceptors (Lipinski definition) is 4. The molecule has 1 aliphatic heterocycles. The summed E-state index contributed by atoms with van der Waals surface area (Å²) in [4.78, 5) is 0.415. The summed E-state index contributed by atoms with van der Waals surface area (Å²) in [5, 5.41) is 0. The Bertz CT molecular complexity index is 708.